The first-order valence-electron chi connectivity index (χ1n) is 10.3. The fourth-order valence-corrected chi connectivity index (χ4v) is 3.59. The number of halogens is 5. The summed E-state index contributed by atoms with van der Waals surface area (Å²) in [7, 11) is 0. The van der Waals surface area contributed by atoms with Crippen LogP contribution in [0.4, 0.5) is 22.0 Å². The number of amidine groups is 1. The van der Waals surface area contributed by atoms with Gasteiger partial charge in [0.15, 0.2) is 6.10 Å². The Labute approximate surface area is 186 Å². The molecule has 0 bridgehead atoms. The van der Waals surface area contributed by atoms with Crippen LogP contribution in [0.25, 0.3) is 0 Å². The first-order valence-corrected chi connectivity index (χ1v) is 10.3. The summed E-state index contributed by atoms with van der Waals surface area (Å²) in [5.41, 5.74) is 3.48. The first kappa shape index (κ1) is 22.8. The van der Waals surface area contributed by atoms with Crippen LogP contribution in [0.3, 0.4) is 0 Å². The van der Waals surface area contributed by atoms with Gasteiger partial charge in [0.1, 0.15) is 29.5 Å². The average Bonchev–Trinajstić information content (AvgIpc) is 2.75. The molecule has 2 N–H and O–H groups in total. The second-order valence-corrected chi connectivity index (χ2v) is 7.96. The van der Waals surface area contributed by atoms with Crippen molar-refractivity contribution >= 4 is 6.02 Å². The van der Waals surface area contributed by atoms with Gasteiger partial charge >= 0.3 is 6.18 Å². The van der Waals surface area contributed by atoms with Crippen molar-refractivity contribution in [2.45, 2.75) is 49.6 Å². The highest BCUT2D eigenvalue weighted by atomic mass is 19.4. The summed E-state index contributed by atoms with van der Waals surface area (Å²) in [6, 6.07) is 6.05. The maximum Gasteiger partial charge on any atom is 0.425 e. The molecule has 5 nitrogen and oxygen atoms in total. The van der Waals surface area contributed by atoms with Crippen LogP contribution in [0.5, 0.6) is 5.75 Å². The van der Waals surface area contributed by atoms with Gasteiger partial charge in [0.25, 0.3) is 6.02 Å². The summed E-state index contributed by atoms with van der Waals surface area (Å²) >= 11 is 0. The van der Waals surface area contributed by atoms with E-state index in [0.717, 1.165) is 25.3 Å². The van der Waals surface area contributed by atoms with Crippen LogP contribution in [0.2, 0.25) is 0 Å². The highest BCUT2D eigenvalue weighted by molar-refractivity contribution is 5.73. The van der Waals surface area contributed by atoms with Crippen LogP contribution in [0, 0.1) is 17.7 Å². The van der Waals surface area contributed by atoms with E-state index in [4.69, 9.17) is 10.5 Å². The third kappa shape index (κ3) is 5.02. The van der Waals surface area contributed by atoms with Crippen molar-refractivity contribution in [1.29, 1.82) is 0 Å². The predicted octanol–water partition coefficient (Wildman–Crippen LogP) is 4.38. The fraction of sp³-hybridized carbons (Fsp3) is 0.391. The Morgan fingerprint density at radius 1 is 1.18 bits per heavy atom. The molecular formula is C23H20F5N3O2. The summed E-state index contributed by atoms with van der Waals surface area (Å²) in [5.74, 6) is 5.27. The molecule has 174 valence electrons. The number of rotatable bonds is 4. The number of benzene rings is 1. The monoisotopic (exact) mass is 465 g/mol. The van der Waals surface area contributed by atoms with Gasteiger partial charge in [-0.15, -0.1) is 0 Å². The third-order valence-electron chi connectivity index (χ3n) is 5.59. The molecule has 0 saturated heterocycles. The number of hydrogen-bond donors (Lipinski definition) is 1. The Morgan fingerprint density at radius 2 is 1.97 bits per heavy atom. The Kier molecular flexibility index (Phi) is 6.15. The van der Waals surface area contributed by atoms with Crippen molar-refractivity contribution in [3.63, 3.8) is 0 Å². The molecule has 2 aliphatic rings. The van der Waals surface area contributed by atoms with E-state index in [1.54, 1.807) is 18.3 Å². The first-order chi connectivity index (χ1) is 15.7. The zero-order chi connectivity index (χ0) is 23.6. The summed E-state index contributed by atoms with van der Waals surface area (Å²) < 4.78 is 78.6. The van der Waals surface area contributed by atoms with Crippen molar-refractivity contribution < 1.29 is 31.4 Å². The van der Waals surface area contributed by atoms with E-state index >= 15 is 0 Å². The van der Waals surface area contributed by atoms with Crippen LogP contribution >= 0.6 is 0 Å². The van der Waals surface area contributed by atoms with Gasteiger partial charge < -0.3 is 15.2 Å². The number of aliphatic imine (C=N–C) groups is 1. The van der Waals surface area contributed by atoms with Crippen LogP contribution in [-0.2, 0) is 10.3 Å². The van der Waals surface area contributed by atoms with E-state index in [1.807, 2.05) is 0 Å². The molecule has 0 radical (unpaired) electrons. The molecule has 1 fully saturated rings. The molecule has 0 amide bonds. The number of nitrogens with two attached hydrogens (primary N) is 1. The average molecular weight is 465 g/mol. The molecule has 1 aromatic carbocycles. The lowest BCUT2D eigenvalue weighted by molar-refractivity contribution is -0.209. The smallest absolute Gasteiger partial charge is 0.425 e. The number of ether oxygens (including phenoxy) is 2. The molecule has 2 aromatic rings. The maximum absolute atomic E-state index is 14.6. The van der Waals surface area contributed by atoms with Gasteiger partial charge in [-0.25, -0.2) is 18.8 Å². The quantitative estimate of drug-likeness (QED) is 0.538. The zero-order valence-electron chi connectivity index (χ0n) is 17.3. The topological polar surface area (TPSA) is 69.7 Å². The lowest BCUT2D eigenvalue weighted by atomic mass is 9.84. The number of pyridine rings is 1. The molecular weight excluding hydrogens is 445 g/mol. The summed E-state index contributed by atoms with van der Waals surface area (Å²) in [5, 5.41) is 0. The van der Waals surface area contributed by atoms with Crippen molar-refractivity contribution in [1.82, 2.24) is 4.98 Å². The van der Waals surface area contributed by atoms with Gasteiger partial charge in [-0.05, 0) is 55.5 Å². The standard InChI is InChI=1S/C23H20F5N3O2/c24-13-22(11-20(23(26,27)28)33-21(29)31-22)18-10-14(5-9-19(18)25)4-6-15-7-8-17(12-30-15)32-16-2-1-3-16/h5,7-10,12,16,20H,1-3,11,13H2,(H2,29,31)/t20?,22-/m1/s1. The van der Waals surface area contributed by atoms with Crippen LogP contribution in [0.15, 0.2) is 41.5 Å². The molecule has 2 atom stereocenters. The molecule has 1 unspecified atom stereocenters. The third-order valence-corrected chi connectivity index (χ3v) is 5.59. The van der Waals surface area contributed by atoms with E-state index in [2.05, 4.69) is 26.6 Å². The summed E-state index contributed by atoms with van der Waals surface area (Å²) in [4.78, 5) is 7.91. The highest BCUT2D eigenvalue weighted by Crippen LogP contribution is 2.41. The van der Waals surface area contributed by atoms with E-state index in [1.165, 1.54) is 12.1 Å². The van der Waals surface area contributed by atoms with Crippen LogP contribution in [0.1, 0.15) is 42.5 Å². The van der Waals surface area contributed by atoms with Crippen molar-refractivity contribution in [2.75, 3.05) is 6.67 Å². The molecule has 33 heavy (non-hydrogen) atoms. The molecule has 1 aromatic heterocycles. The Balaban J connectivity index is 1.60. The Morgan fingerprint density at radius 3 is 2.58 bits per heavy atom. The van der Waals surface area contributed by atoms with Crippen molar-refractivity contribution in [2.24, 2.45) is 10.7 Å². The van der Waals surface area contributed by atoms with Crippen molar-refractivity contribution in [3.05, 3.63) is 59.2 Å². The minimum Gasteiger partial charge on any atom is -0.489 e. The minimum atomic E-state index is -4.82. The van der Waals surface area contributed by atoms with Crippen LogP contribution < -0.4 is 10.5 Å². The number of alkyl halides is 4. The number of nitrogens with zero attached hydrogens (tertiary/aromatic N) is 2. The molecule has 2 heterocycles. The molecule has 10 heteroatoms. The zero-order valence-corrected chi connectivity index (χ0v) is 17.3. The lowest BCUT2D eigenvalue weighted by Crippen LogP contribution is -2.48. The second kappa shape index (κ2) is 8.89. The van der Waals surface area contributed by atoms with E-state index in [0.29, 0.717) is 11.4 Å². The molecule has 1 aliphatic heterocycles. The summed E-state index contributed by atoms with van der Waals surface area (Å²) in [6.07, 6.45) is -3.26. The number of aromatic nitrogens is 1. The Bertz CT molecular complexity index is 1100. The maximum atomic E-state index is 14.6. The van der Waals surface area contributed by atoms with Gasteiger partial charge in [0.05, 0.1) is 12.3 Å². The minimum absolute atomic E-state index is 0.211. The molecule has 1 saturated carbocycles. The predicted molar refractivity (Wildman–Crippen MR) is 110 cm³/mol. The van der Waals surface area contributed by atoms with Gasteiger partial charge in [0, 0.05) is 17.5 Å². The second-order valence-electron chi connectivity index (χ2n) is 7.96. The lowest BCUT2D eigenvalue weighted by Gasteiger charge is -2.36. The van der Waals surface area contributed by atoms with Gasteiger partial charge in [-0.2, -0.15) is 13.2 Å². The van der Waals surface area contributed by atoms with Gasteiger partial charge in [-0.1, -0.05) is 5.92 Å². The summed E-state index contributed by atoms with van der Waals surface area (Å²) in [6.45, 7) is -1.40. The van der Waals surface area contributed by atoms with Crippen LogP contribution in [-0.4, -0.2) is 36.1 Å². The fourth-order valence-electron chi connectivity index (χ4n) is 3.59. The van der Waals surface area contributed by atoms with E-state index in [9.17, 15) is 22.0 Å². The normalized spacial score (nSPS) is 22.9. The number of hydrogen-bond acceptors (Lipinski definition) is 5. The largest absolute Gasteiger partial charge is 0.489 e. The molecule has 4 rings (SSSR count). The molecule has 1 aliphatic carbocycles. The Hall–Kier alpha value is -3.35. The highest BCUT2D eigenvalue weighted by Gasteiger charge is 2.52. The molecule has 0 spiro atoms. The van der Waals surface area contributed by atoms with E-state index in [-0.39, 0.29) is 17.2 Å². The van der Waals surface area contributed by atoms with E-state index < -0.39 is 42.8 Å². The van der Waals surface area contributed by atoms with Gasteiger partial charge in [0.2, 0.25) is 0 Å². The SMILES string of the molecule is NC1=N[C@](CF)(c2cc(C#Cc3ccc(OC4CCC4)cn3)ccc2F)CC(C(F)(F)F)O1. The van der Waals surface area contributed by atoms with Crippen molar-refractivity contribution in [3.8, 4) is 17.6 Å². The van der Waals surface area contributed by atoms with Gasteiger partial charge in [-0.3, -0.25) is 0 Å².